The molecule has 0 amide bonds. The maximum Gasteiger partial charge on any atom is 0.146 e. The van der Waals surface area contributed by atoms with E-state index >= 15 is 0 Å². The summed E-state index contributed by atoms with van der Waals surface area (Å²) in [7, 11) is 0. The lowest BCUT2D eigenvalue weighted by molar-refractivity contribution is 0.593. The van der Waals surface area contributed by atoms with E-state index in [-0.39, 0.29) is 0 Å². The third kappa shape index (κ3) is 2.46. The van der Waals surface area contributed by atoms with Gasteiger partial charge in [-0.05, 0) is 30.2 Å². The summed E-state index contributed by atoms with van der Waals surface area (Å²) in [5.41, 5.74) is 8.21. The lowest BCUT2D eigenvalue weighted by atomic mass is 9.99. The Bertz CT molecular complexity index is 543. The minimum atomic E-state index is -0.506. The highest BCUT2D eigenvalue weighted by atomic mass is 35.5. The summed E-state index contributed by atoms with van der Waals surface area (Å²) in [6, 6.07) is 6.52. The summed E-state index contributed by atoms with van der Waals surface area (Å²) in [6.07, 6.45) is 2.69. The van der Waals surface area contributed by atoms with Crippen molar-refractivity contribution < 1.29 is 4.39 Å². The molecule has 2 rings (SSSR count). The van der Waals surface area contributed by atoms with Gasteiger partial charge in [-0.3, -0.25) is 4.98 Å². The number of nitrogens with zero attached hydrogens (tertiary/aromatic N) is 1. The van der Waals surface area contributed by atoms with Crippen molar-refractivity contribution in [2.45, 2.75) is 13.0 Å². The third-order valence-electron chi connectivity index (χ3n) is 2.68. The van der Waals surface area contributed by atoms with Crippen molar-refractivity contribution in [3.8, 4) is 0 Å². The van der Waals surface area contributed by atoms with E-state index < -0.39 is 11.9 Å². The first kappa shape index (κ1) is 12.0. The molecule has 2 N–H and O–H groups in total. The average Bonchev–Trinajstić information content (AvgIpc) is 2.32. The standard InChI is InChI=1S/C13H12ClFN2/c1-8-6-9(2-3-11(8)14)13(16)10-4-5-17-7-12(10)15/h2-7,13H,16H2,1H3. The third-order valence-corrected chi connectivity index (χ3v) is 3.10. The second-order valence-corrected chi connectivity index (χ2v) is 4.29. The molecule has 0 spiro atoms. The van der Waals surface area contributed by atoms with E-state index in [0.717, 1.165) is 17.3 Å². The first-order valence-corrected chi connectivity index (χ1v) is 5.58. The van der Waals surface area contributed by atoms with Crippen molar-refractivity contribution in [3.63, 3.8) is 0 Å². The van der Waals surface area contributed by atoms with E-state index in [4.69, 9.17) is 17.3 Å². The molecule has 2 nitrogen and oxygen atoms in total. The maximum absolute atomic E-state index is 13.5. The Morgan fingerprint density at radius 2 is 2.12 bits per heavy atom. The van der Waals surface area contributed by atoms with Crippen molar-refractivity contribution >= 4 is 11.6 Å². The van der Waals surface area contributed by atoms with Crippen LogP contribution in [0.2, 0.25) is 5.02 Å². The Labute approximate surface area is 104 Å². The molecule has 1 heterocycles. The van der Waals surface area contributed by atoms with Gasteiger partial charge in [0.2, 0.25) is 0 Å². The number of benzene rings is 1. The van der Waals surface area contributed by atoms with E-state index in [9.17, 15) is 4.39 Å². The van der Waals surface area contributed by atoms with E-state index in [1.54, 1.807) is 18.2 Å². The van der Waals surface area contributed by atoms with Crippen LogP contribution in [0.25, 0.3) is 0 Å². The van der Waals surface area contributed by atoms with E-state index in [2.05, 4.69) is 4.98 Å². The van der Waals surface area contributed by atoms with Crippen molar-refractivity contribution in [1.82, 2.24) is 4.98 Å². The van der Waals surface area contributed by atoms with Crippen LogP contribution in [0.5, 0.6) is 0 Å². The summed E-state index contributed by atoms with van der Waals surface area (Å²) in [5, 5.41) is 0.677. The van der Waals surface area contributed by atoms with E-state index in [0.29, 0.717) is 10.6 Å². The van der Waals surface area contributed by atoms with E-state index in [1.807, 2.05) is 13.0 Å². The molecule has 1 aromatic carbocycles. The molecule has 0 radical (unpaired) electrons. The maximum atomic E-state index is 13.5. The molecule has 0 aliphatic carbocycles. The number of aryl methyl sites for hydroxylation is 1. The van der Waals surface area contributed by atoms with Crippen LogP contribution in [0.4, 0.5) is 4.39 Å². The molecule has 1 aromatic heterocycles. The molecule has 17 heavy (non-hydrogen) atoms. The lowest BCUT2D eigenvalue weighted by Gasteiger charge is -2.14. The van der Waals surface area contributed by atoms with Gasteiger partial charge in [-0.2, -0.15) is 0 Å². The molecule has 4 heteroatoms. The number of hydrogen-bond acceptors (Lipinski definition) is 2. The number of pyridine rings is 1. The Morgan fingerprint density at radius 1 is 1.35 bits per heavy atom. The van der Waals surface area contributed by atoms with Crippen molar-refractivity contribution in [1.29, 1.82) is 0 Å². The summed E-state index contributed by atoms with van der Waals surface area (Å²) in [6.45, 7) is 1.89. The molecule has 0 aliphatic heterocycles. The Balaban J connectivity index is 2.40. The van der Waals surface area contributed by atoms with Crippen LogP contribution in [0.1, 0.15) is 22.7 Å². The zero-order chi connectivity index (χ0) is 12.4. The molecule has 0 bridgehead atoms. The molecule has 2 aromatic rings. The molecular formula is C13H12ClFN2. The van der Waals surface area contributed by atoms with Crippen LogP contribution in [-0.4, -0.2) is 4.98 Å². The zero-order valence-electron chi connectivity index (χ0n) is 9.32. The predicted octanol–water partition coefficient (Wildman–Crippen LogP) is 3.23. The fourth-order valence-electron chi connectivity index (χ4n) is 1.68. The highest BCUT2D eigenvalue weighted by Gasteiger charge is 2.13. The van der Waals surface area contributed by atoms with Crippen molar-refractivity contribution in [2.75, 3.05) is 0 Å². The Kier molecular flexibility index (Phi) is 3.41. The number of hydrogen-bond donors (Lipinski definition) is 1. The molecule has 0 saturated heterocycles. The van der Waals surface area contributed by atoms with Crippen LogP contribution >= 0.6 is 11.6 Å². The second-order valence-electron chi connectivity index (χ2n) is 3.88. The lowest BCUT2D eigenvalue weighted by Crippen LogP contribution is -2.14. The molecule has 1 unspecified atom stereocenters. The highest BCUT2D eigenvalue weighted by molar-refractivity contribution is 6.31. The quantitative estimate of drug-likeness (QED) is 0.889. The zero-order valence-corrected chi connectivity index (χ0v) is 10.1. The molecule has 88 valence electrons. The molecule has 0 saturated carbocycles. The van der Waals surface area contributed by atoms with Crippen LogP contribution < -0.4 is 5.73 Å². The first-order chi connectivity index (χ1) is 8.09. The first-order valence-electron chi connectivity index (χ1n) is 5.20. The molecular weight excluding hydrogens is 239 g/mol. The van der Waals surface area contributed by atoms with Gasteiger partial charge in [-0.1, -0.05) is 23.7 Å². The molecule has 1 atom stereocenters. The summed E-state index contributed by atoms with van der Waals surface area (Å²) in [4.78, 5) is 3.70. The number of aromatic nitrogens is 1. The topological polar surface area (TPSA) is 38.9 Å². The van der Waals surface area contributed by atoms with Gasteiger partial charge in [-0.25, -0.2) is 4.39 Å². The number of nitrogens with two attached hydrogens (primary N) is 1. The second kappa shape index (κ2) is 4.82. The Hall–Kier alpha value is -1.45. The van der Waals surface area contributed by atoms with Gasteiger partial charge in [0.15, 0.2) is 0 Å². The molecule has 0 aliphatic rings. The van der Waals surface area contributed by atoms with E-state index in [1.165, 1.54) is 6.20 Å². The fraction of sp³-hybridized carbons (Fsp3) is 0.154. The van der Waals surface area contributed by atoms with Crippen LogP contribution in [0.3, 0.4) is 0 Å². The summed E-state index contributed by atoms with van der Waals surface area (Å²) in [5.74, 6) is -0.396. The molecule has 0 fully saturated rings. The van der Waals surface area contributed by atoms with Crippen molar-refractivity contribution in [2.24, 2.45) is 5.73 Å². The van der Waals surface area contributed by atoms with Crippen LogP contribution in [0.15, 0.2) is 36.7 Å². The van der Waals surface area contributed by atoms with Gasteiger partial charge < -0.3 is 5.73 Å². The van der Waals surface area contributed by atoms with Gasteiger partial charge in [0, 0.05) is 16.8 Å². The van der Waals surface area contributed by atoms with Gasteiger partial charge in [-0.15, -0.1) is 0 Å². The smallest absolute Gasteiger partial charge is 0.146 e. The normalized spacial score (nSPS) is 12.5. The highest BCUT2D eigenvalue weighted by Crippen LogP contribution is 2.25. The predicted molar refractivity (Wildman–Crippen MR) is 66.4 cm³/mol. The summed E-state index contributed by atoms with van der Waals surface area (Å²) >= 11 is 5.94. The minimum absolute atomic E-state index is 0.396. The fourth-order valence-corrected chi connectivity index (χ4v) is 1.80. The van der Waals surface area contributed by atoms with Gasteiger partial charge in [0.25, 0.3) is 0 Å². The van der Waals surface area contributed by atoms with Crippen molar-refractivity contribution in [3.05, 3.63) is 64.2 Å². The Morgan fingerprint density at radius 3 is 2.76 bits per heavy atom. The SMILES string of the molecule is Cc1cc(C(N)c2ccncc2F)ccc1Cl. The minimum Gasteiger partial charge on any atom is -0.320 e. The van der Waals surface area contributed by atoms with Crippen LogP contribution in [-0.2, 0) is 0 Å². The summed E-state index contributed by atoms with van der Waals surface area (Å²) < 4.78 is 13.5. The number of rotatable bonds is 2. The number of halogens is 2. The average molecular weight is 251 g/mol. The largest absolute Gasteiger partial charge is 0.320 e. The van der Waals surface area contributed by atoms with Gasteiger partial charge in [0.1, 0.15) is 5.82 Å². The van der Waals surface area contributed by atoms with Gasteiger partial charge in [0.05, 0.1) is 12.2 Å². The van der Waals surface area contributed by atoms with Crippen LogP contribution in [0, 0.1) is 12.7 Å². The monoisotopic (exact) mass is 250 g/mol. The van der Waals surface area contributed by atoms with Gasteiger partial charge >= 0.3 is 0 Å².